The molecule has 0 spiro atoms. The number of alkyl halides is 3. The summed E-state index contributed by atoms with van der Waals surface area (Å²) >= 11 is 0. The molecule has 1 aromatic heterocycles. The highest BCUT2D eigenvalue weighted by Crippen LogP contribution is 2.33. The van der Waals surface area contributed by atoms with Gasteiger partial charge in [-0.2, -0.15) is 13.2 Å². The lowest BCUT2D eigenvalue weighted by Gasteiger charge is -2.15. The molecule has 2 aromatic carbocycles. The van der Waals surface area contributed by atoms with Crippen LogP contribution in [0.5, 0.6) is 5.75 Å². The second-order valence-electron chi connectivity index (χ2n) is 6.91. The maximum absolute atomic E-state index is 13.0. The number of pyridine rings is 1. The normalized spacial score (nSPS) is 12.5. The molecule has 3 aromatic rings. The van der Waals surface area contributed by atoms with E-state index in [0.717, 1.165) is 12.1 Å². The van der Waals surface area contributed by atoms with Crippen LogP contribution in [-0.4, -0.2) is 35.8 Å². The number of nitrogens with zero attached hydrogens (tertiary/aromatic N) is 1. The molecule has 31 heavy (non-hydrogen) atoms. The van der Waals surface area contributed by atoms with Gasteiger partial charge in [-0.25, -0.2) is 4.98 Å². The number of nitrogens with one attached hydrogen (secondary N) is 2. The van der Waals surface area contributed by atoms with Gasteiger partial charge in [-0.3, -0.25) is 4.79 Å². The Morgan fingerprint density at radius 2 is 1.97 bits per heavy atom. The van der Waals surface area contributed by atoms with E-state index in [9.17, 15) is 23.1 Å². The van der Waals surface area contributed by atoms with Crippen molar-refractivity contribution in [2.75, 3.05) is 19.0 Å². The van der Waals surface area contributed by atoms with Crippen LogP contribution in [0, 0.1) is 0 Å². The van der Waals surface area contributed by atoms with Crippen LogP contribution in [0.2, 0.25) is 0 Å². The molecule has 164 valence electrons. The molecule has 1 amide bonds. The van der Waals surface area contributed by atoms with Crippen molar-refractivity contribution in [2.45, 2.75) is 25.6 Å². The van der Waals surface area contributed by atoms with Crippen molar-refractivity contribution >= 4 is 28.3 Å². The van der Waals surface area contributed by atoms with Gasteiger partial charge in [0.25, 0.3) is 5.91 Å². The number of aliphatic hydroxyl groups excluding tert-OH is 1. The number of rotatable bonds is 7. The third kappa shape index (κ3) is 5.24. The summed E-state index contributed by atoms with van der Waals surface area (Å²) in [4.78, 5) is 16.9. The van der Waals surface area contributed by atoms with Gasteiger partial charge >= 0.3 is 6.18 Å². The summed E-state index contributed by atoms with van der Waals surface area (Å²) in [6.45, 7) is 1.67. The second-order valence-corrected chi connectivity index (χ2v) is 6.91. The Morgan fingerprint density at radius 3 is 2.61 bits per heavy atom. The topological polar surface area (TPSA) is 83.5 Å². The number of benzene rings is 2. The molecule has 1 unspecified atom stereocenters. The van der Waals surface area contributed by atoms with Gasteiger partial charge in [-0.05, 0) is 42.8 Å². The summed E-state index contributed by atoms with van der Waals surface area (Å²) in [6.07, 6.45) is -3.88. The first-order valence-electron chi connectivity index (χ1n) is 9.60. The predicted molar refractivity (Wildman–Crippen MR) is 112 cm³/mol. The van der Waals surface area contributed by atoms with E-state index in [0.29, 0.717) is 28.6 Å². The standard InChI is InChI=1S/C22H22F3N3O3/c1-3-15(12-29)27-21(30)13-7-8-17-18(9-13)28-20(11-19(17)31-2)26-16-6-4-5-14(10-16)22(23,24)25/h4-11,15,29H,3,12H2,1-2H3,(H,26,28)(H,27,30). The summed E-state index contributed by atoms with van der Waals surface area (Å²) < 4.78 is 44.3. The van der Waals surface area contributed by atoms with Gasteiger partial charge in [0.2, 0.25) is 0 Å². The van der Waals surface area contributed by atoms with Gasteiger partial charge in [0.05, 0.1) is 30.8 Å². The molecule has 3 N–H and O–H groups in total. The zero-order chi connectivity index (χ0) is 22.6. The number of methoxy groups -OCH3 is 1. The molecule has 9 heteroatoms. The minimum atomic E-state index is -4.46. The number of carbonyl (C=O) groups is 1. The van der Waals surface area contributed by atoms with E-state index in [1.165, 1.54) is 19.2 Å². The number of fused-ring (bicyclic) bond motifs is 1. The molecular formula is C22H22F3N3O3. The average Bonchev–Trinajstić information content (AvgIpc) is 2.75. The first kappa shape index (κ1) is 22.4. The molecule has 6 nitrogen and oxygen atoms in total. The van der Waals surface area contributed by atoms with Crippen LogP contribution in [0.3, 0.4) is 0 Å². The van der Waals surface area contributed by atoms with Gasteiger partial charge in [-0.1, -0.05) is 13.0 Å². The molecule has 0 aliphatic carbocycles. The Bertz CT molecular complexity index is 1080. The third-order valence-electron chi connectivity index (χ3n) is 4.76. The number of halogens is 3. The number of aliphatic hydroxyl groups is 1. The number of ether oxygens (including phenoxy) is 1. The van der Waals surface area contributed by atoms with Crippen molar-refractivity contribution in [1.29, 1.82) is 0 Å². The first-order chi connectivity index (χ1) is 14.7. The van der Waals surface area contributed by atoms with Gasteiger partial charge in [0.1, 0.15) is 11.6 Å². The Hall–Kier alpha value is -3.33. The molecule has 3 rings (SSSR count). The summed E-state index contributed by atoms with van der Waals surface area (Å²) in [5.41, 5.74) is 0.202. The van der Waals surface area contributed by atoms with E-state index in [2.05, 4.69) is 15.6 Å². The third-order valence-corrected chi connectivity index (χ3v) is 4.76. The van der Waals surface area contributed by atoms with Crippen LogP contribution in [0.25, 0.3) is 10.9 Å². The van der Waals surface area contributed by atoms with E-state index in [1.807, 2.05) is 6.92 Å². The van der Waals surface area contributed by atoms with Crippen LogP contribution in [0.4, 0.5) is 24.7 Å². The molecular weight excluding hydrogens is 411 g/mol. The largest absolute Gasteiger partial charge is 0.496 e. The maximum atomic E-state index is 13.0. The Kier molecular flexibility index (Phi) is 6.65. The molecule has 0 fully saturated rings. The van der Waals surface area contributed by atoms with Gasteiger partial charge < -0.3 is 20.5 Å². The fourth-order valence-electron chi connectivity index (χ4n) is 3.04. The fourth-order valence-corrected chi connectivity index (χ4v) is 3.04. The van der Waals surface area contributed by atoms with E-state index in [1.54, 1.807) is 24.3 Å². The number of carbonyl (C=O) groups excluding carboxylic acids is 1. The maximum Gasteiger partial charge on any atom is 0.416 e. The summed E-state index contributed by atoms with van der Waals surface area (Å²) in [6, 6.07) is 10.8. The molecule has 0 saturated carbocycles. The number of aromatic nitrogens is 1. The lowest BCUT2D eigenvalue weighted by atomic mass is 10.1. The number of hydrogen-bond acceptors (Lipinski definition) is 5. The zero-order valence-corrected chi connectivity index (χ0v) is 17.0. The number of hydrogen-bond donors (Lipinski definition) is 3. The van der Waals surface area contributed by atoms with Crippen LogP contribution < -0.4 is 15.4 Å². The Labute approximate surface area is 177 Å². The molecule has 0 radical (unpaired) electrons. The van der Waals surface area contributed by atoms with Crippen LogP contribution in [0.1, 0.15) is 29.3 Å². The van der Waals surface area contributed by atoms with Gasteiger partial charge in [0.15, 0.2) is 0 Å². The van der Waals surface area contributed by atoms with Crippen molar-refractivity contribution in [3.8, 4) is 5.75 Å². The van der Waals surface area contributed by atoms with E-state index >= 15 is 0 Å². The first-order valence-corrected chi connectivity index (χ1v) is 9.60. The minimum Gasteiger partial charge on any atom is -0.496 e. The van der Waals surface area contributed by atoms with Crippen LogP contribution in [-0.2, 0) is 6.18 Å². The highest BCUT2D eigenvalue weighted by Gasteiger charge is 2.30. The van der Waals surface area contributed by atoms with Crippen molar-refractivity contribution < 1.29 is 27.8 Å². The van der Waals surface area contributed by atoms with Crippen molar-refractivity contribution in [3.63, 3.8) is 0 Å². The summed E-state index contributed by atoms with van der Waals surface area (Å²) in [7, 11) is 1.47. The molecule has 0 bridgehead atoms. The Morgan fingerprint density at radius 1 is 1.19 bits per heavy atom. The molecule has 0 aliphatic rings. The smallest absolute Gasteiger partial charge is 0.416 e. The van der Waals surface area contributed by atoms with Gasteiger partial charge in [-0.15, -0.1) is 0 Å². The second kappa shape index (κ2) is 9.22. The van der Waals surface area contributed by atoms with E-state index in [4.69, 9.17) is 4.74 Å². The summed E-state index contributed by atoms with van der Waals surface area (Å²) in [5.74, 6) is 0.357. The lowest BCUT2D eigenvalue weighted by molar-refractivity contribution is -0.137. The monoisotopic (exact) mass is 433 g/mol. The van der Waals surface area contributed by atoms with Crippen LogP contribution in [0.15, 0.2) is 48.5 Å². The van der Waals surface area contributed by atoms with E-state index < -0.39 is 11.7 Å². The minimum absolute atomic E-state index is 0.174. The van der Waals surface area contributed by atoms with Crippen molar-refractivity contribution in [3.05, 3.63) is 59.7 Å². The molecule has 1 heterocycles. The SMILES string of the molecule is CCC(CO)NC(=O)c1ccc2c(OC)cc(Nc3cccc(C(F)(F)F)c3)nc2c1. The highest BCUT2D eigenvalue weighted by atomic mass is 19.4. The molecule has 0 aliphatic heterocycles. The lowest BCUT2D eigenvalue weighted by Crippen LogP contribution is -2.36. The van der Waals surface area contributed by atoms with Crippen molar-refractivity contribution in [2.24, 2.45) is 0 Å². The number of amides is 1. The van der Waals surface area contributed by atoms with Crippen molar-refractivity contribution in [1.82, 2.24) is 10.3 Å². The predicted octanol–water partition coefficient (Wildman–Crippen LogP) is 4.51. The highest BCUT2D eigenvalue weighted by molar-refractivity contribution is 5.99. The summed E-state index contributed by atoms with van der Waals surface area (Å²) in [5, 5.41) is 15.5. The average molecular weight is 433 g/mol. The number of anilines is 2. The van der Waals surface area contributed by atoms with Gasteiger partial charge in [0, 0.05) is 22.7 Å². The van der Waals surface area contributed by atoms with E-state index in [-0.39, 0.29) is 30.1 Å². The zero-order valence-electron chi connectivity index (χ0n) is 17.0. The Balaban J connectivity index is 1.95. The molecule has 1 atom stereocenters. The van der Waals surface area contributed by atoms with Crippen LogP contribution >= 0.6 is 0 Å². The quantitative estimate of drug-likeness (QED) is 0.511. The molecule has 0 saturated heterocycles. The fraction of sp³-hybridized carbons (Fsp3) is 0.273.